The summed E-state index contributed by atoms with van der Waals surface area (Å²) in [5, 5.41) is 0. The van der Waals surface area contributed by atoms with E-state index in [4.69, 9.17) is 9.72 Å². The Morgan fingerprint density at radius 1 is 1.24 bits per heavy atom. The van der Waals surface area contributed by atoms with Gasteiger partial charge in [0, 0.05) is 35.2 Å². The molecular formula is C26H35F3N2O2. The van der Waals surface area contributed by atoms with Crippen molar-refractivity contribution in [2.75, 3.05) is 6.61 Å². The number of ketones is 1. The molecule has 2 heterocycles. The van der Waals surface area contributed by atoms with Crippen LogP contribution in [-0.4, -0.2) is 22.4 Å². The second kappa shape index (κ2) is 10.3. The second-order valence-corrected chi connectivity index (χ2v) is 9.26. The van der Waals surface area contributed by atoms with E-state index in [0.717, 1.165) is 41.9 Å². The van der Waals surface area contributed by atoms with Crippen molar-refractivity contribution in [2.45, 2.75) is 86.4 Å². The Kier molecular flexibility index (Phi) is 8.44. The average Bonchev–Trinajstić information content (AvgIpc) is 2.73. The molecule has 4 nitrogen and oxygen atoms in total. The van der Waals surface area contributed by atoms with Crippen LogP contribution >= 0.6 is 0 Å². The van der Waals surface area contributed by atoms with Gasteiger partial charge < -0.3 is 4.74 Å². The van der Waals surface area contributed by atoms with Crippen molar-refractivity contribution in [3.63, 3.8) is 0 Å². The Morgan fingerprint density at radius 3 is 2.36 bits per heavy atom. The number of aromatic nitrogens is 2. The van der Waals surface area contributed by atoms with Crippen molar-refractivity contribution in [3.8, 4) is 0 Å². The number of fused-ring (bicyclic) bond motifs is 1. The maximum absolute atomic E-state index is 13.4. The molecule has 3 rings (SSSR count). The van der Waals surface area contributed by atoms with Gasteiger partial charge in [0.05, 0.1) is 11.8 Å². The van der Waals surface area contributed by atoms with Crippen molar-refractivity contribution in [1.29, 1.82) is 0 Å². The number of hydrogen-bond acceptors (Lipinski definition) is 4. The van der Waals surface area contributed by atoms with E-state index in [0.29, 0.717) is 17.9 Å². The molecule has 0 radical (unpaired) electrons. The SMILES string of the molecule is CC.CCO[C@H]1CC(C)(C)Cc2nc(C(C)C)c(C(=O)c3ccc(C(F)(F)F)nc3)c(C)c21. The molecule has 182 valence electrons. The van der Waals surface area contributed by atoms with Gasteiger partial charge in [0.2, 0.25) is 0 Å². The van der Waals surface area contributed by atoms with Crippen LogP contribution in [0.25, 0.3) is 0 Å². The summed E-state index contributed by atoms with van der Waals surface area (Å²) in [6.45, 7) is 16.7. The van der Waals surface area contributed by atoms with E-state index in [1.54, 1.807) is 0 Å². The number of rotatable bonds is 5. The molecule has 0 bridgehead atoms. The molecule has 1 aliphatic carbocycles. The number of carbonyl (C=O) groups is 1. The molecule has 1 aliphatic rings. The molecule has 0 aromatic carbocycles. The van der Waals surface area contributed by atoms with Crippen molar-refractivity contribution >= 4 is 5.78 Å². The van der Waals surface area contributed by atoms with E-state index < -0.39 is 11.9 Å². The summed E-state index contributed by atoms with van der Waals surface area (Å²) < 4.78 is 44.7. The van der Waals surface area contributed by atoms with E-state index in [9.17, 15) is 18.0 Å². The highest BCUT2D eigenvalue weighted by Crippen LogP contribution is 2.45. The van der Waals surface area contributed by atoms with Gasteiger partial charge in [0.1, 0.15) is 5.69 Å². The summed E-state index contributed by atoms with van der Waals surface area (Å²) in [5.41, 5.74) is 2.90. The fourth-order valence-electron chi connectivity index (χ4n) is 4.38. The third-order valence-corrected chi connectivity index (χ3v) is 5.77. The summed E-state index contributed by atoms with van der Waals surface area (Å²) in [5.74, 6) is -0.390. The van der Waals surface area contributed by atoms with E-state index in [1.807, 2.05) is 41.5 Å². The maximum atomic E-state index is 13.4. The van der Waals surface area contributed by atoms with Crippen LogP contribution in [0.15, 0.2) is 18.3 Å². The number of carbonyl (C=O) groups excluding carboxylic acids is 1. The molecule has 2 aromatic rings. The fraction of sp³-hybridized carbons (Fsp3) is 0.577. The minimum absolute atomic E-state index is 0.0173. The fourth-order valence-corrected chi connectivity index (χ4v) is 4.38. The number of pyridine rings is 2. The second-order valence-electron chi connectivity index (χ2n) is 9.26. The average molecular weight is 465 g/mol. The first-order valence-electron chi connectivity index (χ1n) is 11.6. The molecule has 0 unspecified atom stereocenters. The van der Waals surface area contributed by atoms with Crippen LogP contribution in [0.3, 0.4) is 0 Å². The Hall–Kier alpha value is -2.28. The number of alkyl halides is 3. The van der Waals surface area contributed by atoms with Gasteiger partial charge >= 0.3 is 6.18 Å². The molecule has 0 aliphatic heterocycles. The summed E-state index contributed by atoms with van der Waals surface area (Å²) in [4.78, 5) is 21.8. The highest BCUT2D eigenvalue weighted by Gasteiger charge is 2.37. The quantitative estimate of drug-likeness (QED) is 0.438. The van der Waals surface area contributed by atoms with E-state index in [-0.39, 0.29) is 28.8 Å². The van der Waals surface area contributed by atoms with Crippen LogP contribution in [0, 0.1) is 12.3 Å². The Bertz CT molecular complexity index is 981. The molecule has 33 heavy (non-hydrogen) atoms. The van der Waals surface area contributed by atoms with Gasteiger partial charge in [-0.2, -0.15) is 13.2 Å². The zero-order valence-electron chi connectivity index (χ0n) is 20.9. The molecule has 0 amide bonds. The highest BCUT2D eigenvalue weighted by atomic mass is 19.4. The molecule has 2 aromatic heterocycles. The Labute approximate surface area is 195 Å². The van der Waals surface area contributed by atoms with Gasteiger partial charge in [-0.15, -0.1) is 0 Å². The van der Waals surface area contributed by atoms with Crippen LogP contribution in [0.5, 0.6) is 0 Å². The summed E-state index contributed by atoms with van der Waals surface area (Å²) in [7, 11) is 0. The number of nitrogens with zero attached hydrogens (tertiary/aromatic N) is 2. The van der Waals surface area contributed by atoms with E-state index in [1.165, 1.54) is 6.07 Å². The zero-order valence-corrected chi connectivity index (χ0v) is 20.9. The lowest BCUT2D eigenvalue weighted by Gasteiger charge is -2.38. The molecule has 0 saturated heterocycles. The minimum Gasteiger partial charge on any atom is -0.374 e. The predicted octanol–water partition coefficient (Wildman–Crippen LogP) is 7.23. The third-order valence-electron chi connectivity index (χ3n) is 5.77. The van der Waals surface area contributed by atoms with E-state index >= 15 is 0 Å². The number of ether oxygens (including phenoxy) is 1. The molecular weight excluding hydrogens is 429 g/mol. The van der Waals surface area contributed by atoms with Crippen molar-refractivity contribution in [1.82, 2.24) is 9.97 Å². The number of halogens is 3. The lowest BCUT2D eigenvalue weighted by atomic mass is 9.72. The Balaban J connectivity index is 0.00000187. The largest absolute Gasteiger partial charge is 0.433 e. The van der Waals surface area contributed by atoms with Crippen molar-refractivity contribution in [3.05, 3.63) is 57.7 Å². The first-order chi connectivity index (χ1) is 15.4. The van der Waals surface area contributed by atoms with Crippen LogP contribution in [-0.2, 0) is 17.3 Å². The monoisotopic (exact) mass is 464 g/mol. The van der Waals surface area contributed by atoms with Gasteiger partial charge in [-0.3, -0.25) is 14.8 Å². The highest BCUT2D eigenvalue weighted by molar-refractivity contribution is 6.10. The molecule has 1 atom stereocenters. The van der Waals surface area contributed by atoms with Gasteiger partial charge in [-0.05, 0) is 55.7 Å². The van der Waals surface area contributed by atoms with Gasteiger partial charge in [0.25, 0.3) is 0 Å². The van der Waals surface area contributed by atoms with Crippen molar-refractivity contribution in [2.24, 2.45) is 5.41 Å². The molecule has 0 saturated carbocycles. The van der Waals surface area contributed by atoms with Crippen LogP contribution < -0.4 is 0 Å². The molecule has 0 spiro atoms. The first-order valence-corrected chi connectivity index (χ1v) is 11.6. The van der Waals surface area contributed by atoms with Gasteiger partial charge in [-0.25, -0.2) is 0 Å². The van der Waals surface area contributed by atoms with Crippen LogP contribution in [0.1, 0.15) is 111 Å². The Morgan fingerprint density at radius 2 is 1.88 bits per heavy atom. The summed E-state index contributed by atoms with van der Waals surface area (Å²) >= 11 is 0. The lowest BCUT2D eigenvalue weighted by molar-refractivity contribution is -0.141. The van der Waals surface area contributed by atoms with Crippen molar-refractivity contribution < 1.29 is 22.7 Å². The molecule has 0 N–H and O–H groups in total. The standard InChI is InChI=1S/C24H29F3N2O2.C2H6/c1-7-31-17-11-23(5,6)10-16-19(17)14(4)20(21(29-16)13(2)3)22(30)15-8-9-18(28-12-15)24(25,26)27;1-2/h8-9,12-13,17H,7,10-11H2,1-6H3;1-2H3/t17-;/m0./s1. The van der Waals surface area contributed by atoms with Crippen LogP contribution in [0.4, 0.5) is 13.2 Å². The maximum Gasteiger partial charge on any atom is 0.433 e. The van der Waals surface area contributed by atoms with Crippen LogP contribution in [0.2, 0.25) is 0 Å². The van der Waals surface area contributed by atoms with Gasteiger partial charge in [-0.1, -0.05) is 41.5 Å². The normalized spacial score (nSPS) is 17.3. The smallest absolute Gasteiger partial charge is 0.374 e. The van der Waals surface area contributed by atoms with Gasteiger partial charge in [0.15, 0.2) is 5.78 Å². The number of hydrogen-bond donors (Lipinski definition) is 0. The third kappa shape index (κ3) is 5.81. The lowest BCUT2D eigenvalue weighted by Crippen LogP contribution is -2.30. The van der Waals surface area contributed by atoms with E-state index in [2.05, 4.69) is 18.8 Å². The molecule has 0 fully saturated rings. The summed E-state index contributed by atoms with van der Waals surface area (Å²) in [6.07, 6.45) is -2.13. The topological polar surface area (TPSA) is 52.1 Å². The first kappa shape index (κ1) is 27.0. The molecule has 7 heteroatoms. The summed E-state index contributed by atoms with van der Waals surface area (Å²) in [6, 6.07) is 2.03. The minimum atomic E-state index is -4.55. The zero-order chi connectivity index (χ0) is 25.1. The predicted molar refractivity (Wildman–Crippen MR) is 124 cm³/mol.